The summed E-state index contributed by atoms with van der Waals surface area (Å²) in [6.07, 6.45) is 1.79. The van der Waals surface area contributed by atoms with E-state index in [1.165, 1.54) is 10.1 Å². The predicted molar refractivity (Wildman–Crippen MR) is 103 cm³/mol. The van der Waals surface area contributed by atoms with Gasteiger partial charge in [-0.25, -0.2) is 0 Å². The maximum absolute atomic E-state index is 12.7. The van der Waals surface area contributed by atoms with Gasteiger partial charge in [-0.1, -0.05) is 45.0 Å². The number of aromatic nitrogens is 1. The molecule has 0 fully saturated rings. The van der Waals surface area contributed by atoms with Crippen LogP contribution in [0, 0.1) is 22.7 Å². The maximum Gasteiger partial charge on any atom is 0.269 e. The zero-order valence-corrected chi connectivity index (χ0v) is 16.2. The fourth-order valence-corrected chi connectivity index (χ4v) is 3.52. The topological polar surface area (TPSA) is 78.8 Å². The summed E-state index contributed by atoms with van der Waals surface area (Å²) in [5.41, 5.74) is 1.89. The van der Waals surface area contributed by atoms with Gasteiger partial charge in [0.25, 0.3) is 5.56 Å². The Hall–Kier alpha value is -2.67. The third kappa shape index (κ3) is 4.29. The zero-order chi connectivity index (χ0) is 19.3. The number of rotatable bonds is 4. The summed E-state index contributed by atoms with van der Waals surface area (Å²) in [6, 6.07) is 11.8. The lowest BCUT2D eigenvalue weighted by atomic mass is 9.87. The lowest BCUT2D eigenvalue weighted by molar-refractivity contribution is 0.186. The van der Waals surface area contributed by atoms with Gasteiger partial charge in [0.05, 0.1) is 17.7 Å². The molecule has 0 saturated heterocycles. The summed E-state index contributed by atoms with van der Waals surface area (Å²) in [5.74, 6) is 0. The van der Waals surface area contributed by atoms with E-state index in [2.05, 4.69) is 20.8 Å². The van der Waals surface area contributed by atoms with Gasteiger partial charge in [-0.3, -0.25) is 9.36 Å². The second-order valence-electron chi connectivity index (χ2n) is 6.84. The number of nitrogens with zero attached hydrogens (tertiary/aromatic N) is 3. The first kappa shape index (κ1) is 19.7. The molecule has 0 spiro atoms. The minimum atomic E-state index is -0.218. The normalized spacial score (nSPS) is 11.8. The van der Waals surface area contributed by atoms with Crippen LogP contribution in [0.15, 0.2) is 29.1 Å². The Morgan fingerprint density at radius 3 is 2.35 bits per heavy atom. The van der Waals surface area contributed by atoms with Crippen molar-refractivity contribution in [1.82, 2.24) is 4.57 Å². The van der Waals surface area contributed by atoms with Crippen molar-refractivity contribution in [2.45, 2.75) is 32.7 Å². The van der Waals surface area contributed by atoms with Crippen LogP contribution >= 0.6 is 11.3 Å². The summed E-state index contributed by atoms with van der Waals surface area (Å²) in [4.78, 5) is 12.7. The van der Waals surface area contributed by atoms with E-state index in [0.29, 0.717) is 22.3 Å². The number of hydrogen-bond donors (Lipinski definition) is 0. The Bertz CT molecular complexity index is 1020. The van der Waals surface area contributed by atoms with Gasteiger partial charge < -0.3 is 4.74 Å². The summed E-state index contributed by atoms with van der Waals surface area (Å²) in [5, 5.41) is 18.3. The van der Waals surface area contributed by atoms with Gasteiger partial charge in [-0.15, -0.1) is 11.3 Å². The van der Waals surface area contributed by atoms with E-state index in [1.807, 2.05) is 36.4 Å². The van der Waals surface area contributed by atoms with Crippen LogP contribution in [0.5, 0.6) is 0 Å². The molecular formula is C20H21N3O2S. The number of benzene rings is 1. The summed E-state index contributed by atoms with van der Waals surface area (Å²) < 4.78 is 7.33. The quantitative estimate of drug-likeness (QED) is 0.826. The lowest BCUT2D eigenvalue weighted by Crippen LogP contribution is -2.33. The lowest BCUT2D eigenvalue weighted by Gasteiger charge is -2.18. The molecule has 6 heteroatoms. The van der Waals surface area contributed by atoms with Crippen LogP contribution in [-0.4, -0.2) is 18.3 Å². The fourth-order valence-electron chi connectivity index (χ4n) is 2.44. The van der Waals surface area contributed by atoms with Crippen LogP contribution in [0.25, 0.3) is 11.6 Å². The molecule has 0 N–H and O–H groups in total. The first-order chi connectivity index (χ1) is 12.3. The van der Waals surface area contributed by atoms with Crippen molar-refractivity contribution in [2.24, 2.45) is 0 Å². The van der Waals surface area contributed by atoms with E-state index in [-0.39, 0.29) is 16.5 Å². The van der Waals surface area contributed by atoms with Gasteiger partial charge in [0.1, 0.15) is 16.8 Å². The predicted octanol–water partition coefficient (Wildman–Crippen LogP) is 1.88. The number of methoxy groups -OCH3 is 1. The molecule has 0 amide bonds. The molecular weight excluding hydrogens is 346 g/mol. The zero-order valence-electron chi connectivity index (χ0n) is 15.4. The molecule has 0 unspecified atom stereocenters. The average molecular weight is 367 g/mol. The minimum absolute atomic E-state index is 0.0605. The number of thiazole rings is 1. The van der Waals surface area contributed by atoms with E-state index in [4.69, 9.17) is 15.3 Å². The van der Waals surface area contributed by atoms with Crippen LogP contribution in [-0.2, 0) is 16.7 Å². The van der Waals surface area contributed by atoms with Gasteiger partial charge in [0.2, 0.25) is 0 Å². The molecule has 0 radical (unpaired) electrons. The number of hydrogen-bond acceptors (Lipinski definition) is 5. The van der Waals surface area contributed by atoms with Gasteiger partial charge in [-0.2, -0.15) is 10.5 Å². The largest absolute Gasteiger partial charge is 0.383 e. The molecule has 2 aromatic rings. The molecule has 0 aliphatic carbocycles. The summed E-state index contributed by atoms with van der Waals surface area (Å²) >= 11 is 1.16. The molecule has 0 saturated carbocycles. The SMILES string of the molecule is COCCn1c(=C(C#N)C#N)s/c(=C/c2ccc(C(C)(C)C)cc2)c1=O. The maximum atomic E-state index is 12.7. The van der Waals surface area contributed by atoms with Crippen molar-refractivity contribution in [3.8, 4) is 12.1 Å². The highest BCUT2D eigenvalue weighted by Gasteiger charge is 2.13. The van der Waals surface area contributed by atoms with Gasteiger partial charge >= 0.3 is 0 Å². The average Bonchev–Trinajstić information content (AvgIpc) is 2.90. The van der Waals surface area contributed by atoms with Gasteiger partial charge in [0.15, 0.2) is 5.57 Å². The first-order valence-electron chi connectivity index (χ1n) is 8.17. The van der Waals surface area contributed by atoms with Crippen LogP contribution in [0.3, 0.4) is 0 Å². The highest BCUT2D eigenvalue weighted by atomic mass is 32.1. The molecule has 0 atom stereocenters. The third-order valence-electron chi connectivity index (χ3n) is 3.94. The van der Waals surface area contributed by atoms with Crippen LogP contribution in [0.4, 0.5) is 0 Å². The van der Waals surface area contributed by atoms with E-state index in [9.17, 15) is 4.79 Å². The summed E-state index contributed by atoms with van der Waals surface area (Å²) in [6.45, 7) is 7.06. The second kappa shape index (κ2) is 8.14. The van der Waals surface area contributed by atoms with Crippen molar-refractivity contribution in [1.29, 1.82) is 10.5 Å². The van der Waals surface area contributed by atoms with Crippen molar-refractivity contribution in [3.63, 3.8) is 0 Å². The highest BCUT2D eigenvalue weighted by Crippen LogP contribution is 2.22. The van der Waals surface area contributed by atoms with Crippen LogP contribution in [0.2, 0.25) is 0 Å². The van der Waals surface area contributed by atoms with Crippen LogP contribution < -0.4 is 14.8 Å². The Kier molecular flexibility index (Phi) is 6.15. The monoisotopic (exact) mass is 367 g/mol. The van der Waals surface area contributed by atoms with E-state index >= 15 is 0 Å². The smallest absolute Gasteiger partial charge is 0.269 e. The minimum Gasteiger partial charge on any atom is -0.383 e. The molecule has 0 bridgehead atoms. The Labute approximate surface area is 156 Å². The first-order valence-corrected chi connectivity index (χ1v) is 8.99. The van der Waals surface area contributed by atoms with Crippen molar-refractivity contribution >= 4 is 23.0 Å². The van der Waals surface area contributed by atoms with E-state index in [0.717, 1.165) is 16.9 Å². The Balaban J connectivity index is 2.63. The molecule has 0 aliphatic heterocycles. The standard InChI is InChI=1S/C20H21N3O2S/c1-20(2,3)16-7-5-14(6-8-16)11-17-18(24)23(9-10-25-4)19(26-17)15(12-21)13-22/h5-8,11H,9-10H2,1-4H3/b17-11+. The number of nitriles is 2. The molecule has 1 heterocycles. The Morgan fingerprint density at radius 1 is 1.23 bits per heavy atom. The summed E-state index contributed by atoms with van der Waals surface area (Å²) in [7, 11) is 1.54. The van der Waals surface area contributed by atoms with Crippen molar-refractivity contribution in [3.05, 3.63) is 54.9 Å². The molecule has 26 heavy (non-hydrogen) atoms. The molecule has 2 rings (SSSR count). The Morgan fingerprint density at radius 2 is 1.85 bits per heavy atom. The molecule has 5 nitrogen and oxygen atoms in total. The van der Waals surface area contributed by atoms with Crippen molar-refractivity contribution in [2.75, 3.05) is 13.7 Å². The van der Waals surface area contributed by atoms with E-state index < -0.39 is 0 Å². The van der Waals surface area contributed by atoms with Gasteiger partial charge in [-0.05, 0) is 22.6 Å². The van der Waals surface area contributed by atoms with Crippen molar-refractivity contribution < 1.29 is 4.74 Å². The fraction of sp³-hybridized carbons (Fsp3) is 0.350. The number of ether oxygens (including phenoxy) is 1. The molecule has 1 aromatic carbocycles. The molecule has 134 valence electrons. The molecule has 0 aliphatic rings. The second-order valence-corrected chi connectivity index (χ2v) is 7.87. The highest BCUT2D eigenvalue weighted by molar-refractivity contribution is 7.07. The van der Waals surface area contributed by atoms with E-state index in [1.54, 1.807) is 13.2 Å². The molecule has 1 aromatic heterocycles. The third-order valence-corrected chi connectivity index (χ3v) is 5.07. The van der Waals surface area contributed by atoms with Gasteiger partial charge in [0, 0.05) is 7.11 Å². The van der Waals surface area contributed by atoms with Crippen LogP contribution in [0.1, 0.15) is 31.9 Å².